The minimum absolute atomic E-state index is 0.205. The zero-order chi connectivity index (χ0) is 19.2. The molecule has 0 unspecified atom stereocenters. The molecule has 0 aliphatic heterocycles. The lowest BCUT2D eigenvalue weighted by Gasteiger charge is -2.14. The van der Waals surface area contributed by atoms with Gasteiger partial charge in [-0.2, -0.15) is 13.2 Å². The number of pyridine rings is 1. The minimum Gasteiger partial charge on any atom is -0.256 e. The predicted molar refractivity (Wildman–Crippen MR) is 104 cm³/mol. The highest BCUT2D eigenvalue weighted by Gasteiger charge is 2.33. The summed E-state index contributed by atoms with van der Waals surface area (Å²) >= 11 is 0. The fourth-order valence-corrected chi connectivity index (χ4v) is 3.47. The van der Waals surface area contributed by atoms with Crippen LogP contribution < -0.4 is 0 Å². The average Bonchev–Trinajstić information content (AvgIpc) is 2.65. The van der Waals surface area contributed by atoms with E-state index in [0.29, 0.717) is 22.6 Å². The second kappa shape index (κ2) is 6.38. The van der Waals surface area contributed by atoms with E-state index in [1.54, 1.807) is 30.5 Å². The van der Waals surface area contributed by atoms with Gasteiger partial charge in [0.05, 0.1) is 11.3 Å². The van der Waals surface area contributed by atoms with Crippen LogP contribution in [0.5, 0.6) is 0 Å². The summed E-state index contributed by atoms with van der Waals surface area (Å²) in [5.74, 6) is 0.378. The van der Waals surface area contributed by atoms with E-state index in [2.05, 4.69) is 24.9 Å². The van der Waals surface area contributed by atoms with Gasteiger partial charge < -0.3 is 0 Å². The first-order valence-electron chi connectivity index (χ1n) is 8.83. The van der Waals surface area contributed by atoms with Crippen molar-refractivity contribution in [3.8, 4) is 11.3 Å². The van der Waals surface area contributed by atoms with E-state index in [4.69, 9.17) is 0 Å². The summed E-state index contributed by atoms with van der Waals surface area (Å²) in [6.45, 7) is 4.23. The van der Waals surface area contributed by atoms with Crippen LogP contribution in [-0.2, 0) is 6.18 Å². The van der Waals surface area contributed by atoms with Gasteiger partial charge in [0.2, 0.25) is 0 Å². The summed E-state index contributed by atoms with van der Waals surface area (Å²) < 4.78 is 40.9. The molecule has 0 bridgehead atoms. The molecule has 0 aliphatic carbocycles. The number of nitrogens with zero attached hydrogens (tertiary/aromatic N) is 1. The zero-order valence-electron chi connectivity index (χ0n) is 15.0. The van der Waals surface area contributed by atoms with Gasteiger partial charge in [0.15, 0.2) is 0 Å². The average molecular weight is 365 g/mol. The Labute approximate surface area is 155 Å². The van der Waals surface area contributed by atoms with E-state index >= 15 is 0 Å². The Morgan fingerprint density at radius 1 is 0.815 bits per heavy atom. The second-order valence-electron chi connectivity index (χ2n) is 7.04. The van der Waals surface area contributed by atoms with Crippen LogP contribution >= 0.6 is 0 Å². The molecular weight excluding hydrogens is 347 g/mol. The number of hydrogen-bond acceptors (Lipinski definition) is 1. The van der Waals surface area contributed by atoms with Gasteiger partial charge in [0, 0.05) is 17.1 Å². The highest BCUT2D eigenvalue weighted by molar-refractivity contribution is 5.98. The van der Waals surface area contributed by atoms with Gasteiger partial charge in [-0.15, -0.1) is 0 Å². The van der Waals surface area contributed by atoms with Crippen molar-refractivity contribution in [2.45, 2.75) is 25.9 Å². The first-order valence-corrected chi connectivity index (χ1v) is 8.83. The molecule has 0 amide bonds. The number of alkyl halides is 3. The van der Waals surface area contributed by atoms with Crippen molar-refractivity contribution in [2.24, 2.45) is 0 Å². The lowest BCUT2D eigenvalue weighted by atomic mass is 9.94. The standard InChI is InChI=1S/C23H18F3N/c1-14(2)15-7-8-20-17(11-15)9-10-27-22(20)18-12-16-5-3-4-6-19(16)21(13-18)23(24,25)26/h3-14H,1-2H3. The van der Waals surface area contributed by atoms with Gasteiger partial charge in [0.25, 0.3) is 0 Å². The number of benzene rings is 3. The third-order valence-corrected chi connectivity index (χ3v) is 4.90. The van der Waals surface area contributed by atoms with Crippen molar-refractivity contribution in [1.82, 2.24) is 4.98 Å². The van der Waals surface area contributed by atoms with E-state index in [9.17, 15) is 13.2 Å². The Balaban J connectivity index is 2.00. The molecule has 27 heavy (non-hydrogen) atoms. The van der Waals surface area contributed by atoms with Crippen LogP contribution in [0.1, 0.15) is 30.9 Å². The number of halogens is 3. The van der Waals surface area contributed by atoms with Gasteiger partial charge in [-0.05, 0) is 45.8 Å². The third kappa shape index (κ3) is 3.16. The quantitative estimate of drug-likeness (QED) is 0.366. The molecule has 0 fully saturated rings. The summed E-state index contributed by atoms with van der Waals surface area (Å²) in [7, 11) is 0. The first kappa shape index (κ1) is 17.5. The van der Waals surface area contributed by atoms with E-state index in [1.165, 1.54) is 17.7 Å². The maximum Gasteiger partial charge on any atom is 0.417 e. The largest absolute Gasteiger partial charge is 0.417 e. The molecule has 0 saturated heterocycles. The fraction of sp³-hybridized carbons (Fsp3) is 0.174. The van der Waals surface area contributed by atoms with Crippen molar-refractivity contribution >= 4 is 21.5 Å². The molecule has 136 valence electrons. The van der Waals surface area contributed by atoms with Crippen LogP contribution in [0, 0.1) is 0 Å². The molecule has 0 spiro atoms. The number of hydrogen-bond donors (Lipinski definition) is 0. The van der Waals surface area contributed by atoms with Crippen molar-refractivity contribution in [2.75, 3.05) is 0 Å². The van der Waals surface area contributed by atoms with Gasteiger partial charge in [-0.1, -0.05) is 56.3 Å². The van der Waals surface area contributed by atoms with Crippen LogP contribution in [0.25, 0.3) is 32.8 Å². The third-order valence-electron chi connectivity index (χ3n) is 4.90. The van der Waals surface area contributed by atoms with Gasteiger partial charge in [0.1, 0.15) is 0 Å². The Bertz CT molecular complexity index is 1140. The molecule has 0 N–H and O–H groups in total. The molecule has 0 radical (unpaired) electrons. The van der Waals surface area contributed by atoms with E-state index in [0.717, 1.165) is 10.8 Å². The first-order chi connectivity index (χ1) is 12.8. The Kier molecular flexibility index (Phi) is 4.14. The maximum atomic E-state index is 13.6. The van der Waals surface area contributed by atoms with Crippen molar-refractivity contribution in [3.05, 3.63) is 78.0 Å². The monoisotopic (exact) mass is 365 g/mol. The number of rotatable bonds is 2. The van der Waals surface area contributed by atoms with E-state index in [-0.39, 0.29) is 5.39 Å². The van der Waals surface area contributed by atoms with Gasteiger partial charge in [-0.3, -0.25) is 4.98 Å². The summed E-state index contributed by atoms with van der Waals surface area (Å²) in [6, 6.07) is 17.5. The van der Waals surface area contributed by atoms with Gasteiger partial charge in [-0.25, -0.2) is 0 Å². The molecule has 4 aromatic rings. The van der Waals surface area contributed by atoms with Crippen LogP contribution in [0.2, 0.25) is 0 Å². The SMILES string of the molecule is CC(C)c1ccc2c(-c3cc(C(F)(F)F)c4ccccc4c3)nccc2c1. The highest BCUT2D eigenvalue weighted by Crippen LogP contribution is 2.39. The molecule has 1 nitrogen and oxygen atoms in total. The Morgan fingerprint density at radius 3 is 2.30 bits per heavy atom. The molecule has 3 aromatic carbocycles. The highest BCUT2D eigenvalue weighted by atomic mass is 19.4. The van der Waals surface area contributed by atoms with Crippen LogP contribution in [0.3, 0.4) is 0 Å². The lowest BCUT2D eigenvalue weighted by Crippen LogP contribution is -2.06. The van der Waals surface area contributed by atoms with Crippen molar-refractivity contribution < 1.29 is 13.2 Å². The molecule has 0 atom stereocenters. The number of fused-ring (bicyclic) bond motifs is 2. The number of aromatic nitrogens is 1. The summed E-state index contributed by atoms with van der Waals surface area (Å²) in [5, 5.41) is 2.59. The van der Waals surface area contributed by atoms with E-state index in [1.807, 2.05) is 18.2 Å². The normalized spacial score (nSPS) is 12.2. The van der Waals surface area contributed by atoms with Crippen molar-refractivity contribution in [1.29, 1.82) is 0 Å². The Hall–Kier alpha value is -2.88. The molecule has 0 saturated carbocycles. The fourth-order valence-electron chi connectivity index (χ4n) is 3.47. The van der Waals surface area contributed by atoms with Crippen molar-refractivity contribution in [3.63, 3.8) is 0 Å². The maximum absolute atomic E-state index is 13.6. The zero-order valence-corrected chi connectivity index (χ0v) is 15.0. The molecule has 4 rings (SSSR count). The van der Waals surface area contributed by atoms with Crippen LogP contribution in [0.15, 0.2) is 66.9 Å². The van der Waals surface area contributed by atoms with Crippen LogP contribution in [0.4, 0.5) is 13.2 Å². The predicted octanol–water partition coefficient (Wildman–Crippen LogP) is 7.20. The molecule has 0 aliphatic rings. The molecule has 4 heteroatoms. The minimum atomic E-state index is -4.43. The molecular formula is C23H18F3N. The summed E-state index contributed by atoms with van der Waals surface area (Å²) in [5.41, 5.74) is 1.60. The molecule has 1 heterocycles. The van der Waals surface area contributed by atoms with Gasteiger partial charge >= 0.3 is 6.18 Å². The van der Waals surface area contributed by atoms with Crippen LogP contribution in [-0.4, -0.2) is 4.98 Å². The smallest absolute Gasteiger partial charge is 0.256 e. The summed E-state index contributed by atoms with van der Waals surface area (Å²) in [4.78, 5) is 4.41. The Morgan fingerprint density at radius 2 is 1.56 bits per heavy atom. The molecule has 1 aromatic heterocycles. The topological polar surface area (TPSA) is 12.9 Å². The lowest BCUT2D eigenvalue weighted by molar-refractivity contribution is -0.136. The van der Waals surface area contributed by atoms with E-state index < -0.39 is 11.7 Å². The summed E-state index contributed by atoms with van der Waals surface area (Å²) in [6.07, 6.45) is -2.77. The second-order valence-corrected chi connectivity index (χ2v) is 7.04.